The summed E-state index contributed by atoms with van der Waals surface area (Å²) in [5, 5.41) is 0. The molecule has 3 aromatic rings. The molecule has 0 spiro atoms. The van der Waals surface area contributed by atoms with Gasteiger partial charge in [-0.25, -0.2) is 4.99 Å². The number of para-hydroxylation sites is 2. The molecule has 0 unspecified atom stereocenters. The summed E-state index contributed by atoms with van der Waals surface area (Å²) >= 11 is 1.29. The van der Waals surface area contributed by atoms with Crippen molar-refractivity contribution in [3.8, 4) is 11.5 Å². The second kappa shape index (κ2) is 11.4. The molecule has 7 nitrogen and oxygen atoms in total. The molecular formula is C29H31N3O4S. The molecule has 0 fully saturated rings. The zero-order valence-electron chi connectivity index (χ0n) is 21.6. The molecule has 0 bridgehead atoms. The summed E-state index contributed by atoms with van der Waals surface area (Å²) in [4.78, 5) is 34.7. The average molecular weight is 518 g/mol. The summed E-state index contributed by atoms with van der Waals surface area (Å²) in [6, 6.07) is 14.4. The Hall–Kier alpha value is -3.91. The lowest BCUT2D eigenvalue weighted by Crippen LogP contribution is -2.43. The molecule has 8 heteroatoms. The van der Waals surface area contributed by atoms with E-state index in [0.717, 1.165) is 11.1 Å². The van der Waals surface area contributed by atoms with Gasteiger partial charge >= 0.3 is 0 Å². The lowest BCUT2D eigenvalue weighted by molar-refractivity contribution is -0.127. The zero-order chi connectivity index (χ0) is 26.5. The van der Waals surface area contributed by atoms with Crippen LogP contribution in [0, 0.1) is 0 Å². The van der Waals surface area contributed by atoms with Gasteiger partial charge in [-0.15, -0.1) is 0 Å². The number of nitrogens with zero attached hydrogens (tertiary/aromatic N) is 3. The van der Waals surface area contributed by atoms with Crippen LogP contribution in [0.4, 0.5) is 0 Å². The summed E-state index contributed by atoms with van der Waals surface area (Å²) in [5.74, 6) is 1.12. The van der Waals surface area contributed by atoms with Gasteiger partial charge < -0.3 is 14.4 Å². The molecule has 0 saturated heterocycles. The summed E-state index contributed by atoms with van der Waals surface area (Å²) in [6.07, 6.45) is 3.49. The molecule has 0 N–H and O–H groups in total. The van der Waals surface area contributed by atoms with Gasteiger partial charge in [0.2, 0.25) is 0 Å². The number of amides is 1. The Morgan fingerprint density at radius 2 is 1.81 bits per heavy atom. The van der Waals surface area contributed by atoms with Crippen LogP contribution in [0.5, 0.6) is 11.5 Å². The smallest absolute Gasteiger partial charge is 0.271 e. The molecule has 192 valence electrons. The van der Waals surface area contributed by atoms with Crippen molar-refractivity contribution < 1.29 is 14.3 Å². The van der Waals surface area contributed by atoms with E-state index < -0.39 is 6.04 Å². The first kappa shape index (κ1) is 26.2. The Labute approximate surface area is 220 Å². The van der Waals surface area contributed by atoms with Crippen LogP contribution in [0.3, 0.4) is 0 Å². The minimum Gasteiger partial charge on any atom is -0.496 e. The van der Waals surface area contributed by atoms with Crippen LogP contribution >= 0.6 is 11.3 Å². The number of fused-ring (bicyclic) bond motifs is 1. The molecule has 1 aliphatic heterocycles. The summed E-state index contributed by atoms with van der Waals surface area (Å²) in [7, 11) is 1.59. The average Bonchev–Trinajstić information content (AvgIpc) is 3.22. The van der Waals surface area contributed by atoms with E-state index in [9.17, 15) is 9.59 Å². The maximum Gasteiger partial charge on any atom is 0.271 e. The number of likely N-dealkylation sites (N-methyl/N-ethyl adjacent to an activating group) is 1. The van der Waals surface area contributed by atoms with Crippen LogP contribution < -0.4 is 24.4 Å². The molecule has 1 aliphatic rings. The molecule has 1 amide bonds. The van der Waals surface area contributed by atoms with Gasteiger partial charge in [0.25, 0.3) is 11.5 Å². The number of ether oxygens (including phenoxy) is 2. The molecule has 0 radical (unpaired) electrons. The summed E-state index contributed by atoms with van der Waals surface area (Å²) in [6.45, 7) is 10.9. The highest BCUT2D eigenvalue weighted by molar-refractivity contribution is 7.07. The highest BCUT2D eigenvalue weighted by Gasteiger charge is 2.35. The number of thiazole rings is 1. The third kappa shape index (κ3) is 5.02. The Balaban J connectivity index is 1.97. The molecule has 1 aromatic heterocycles. The van der Waals surface area contributed by atoms with E-state index in [0.29, 0.717) is 51.8 Å². The van der Waals surface area contributed by atoms with Crippen LogP contribution in [0.2, 0.25) is 0 Å². The number of carbonyl (C=O) groups excluding carboxylic acids is 1. The SMILES string of the molecule is C=CCOc1ccccc1/C=c1/sc2n(c1=O)[C@@H](c1ccccc1OC)C(C(=O)N(CC)CC)=C(C)N=2. The quantitative estimate of drug-likeness (QED) is 0.406. The fourth-order valence-corrected chi connectivity index (χ4v) is 5.52. The van der Waals surface area contributed by atoms with Crippen molar-refractivity contribution in [2.45, 2.75) is 26.8 Å². The number of hydrogen-bond donors (Lipinski definition) is 0. The fraction of sp³-hybridized carbons (Fsp3) is 0.276. The first-order valence-electron chi connectivity index (χ1n) is 12.2. The first-order valence-corrected chi connectivity index (χ1v) is 13.0. The fourth-order valence-electron chi connectivity index (χ4n) is 4.48. The van der Waals surface area contributed by atoms with Crippen molar-refractivity contribution >= 4 is 23.3 Å². The van der Waals surface area contributed by atoms with E-state index >= 15 is 0 Å². The lowest BCUT2D eigenvalue weighted by atomic mass is 9.94. The standard InChI is InChI=1S/C29H31N3O4S/c1-6-17-36-22-15-11-9-13-20(22)18-24-27(33)32-26(21-14-10-12-16-23(21)35-5)25(19(4)30-29(32)37-24)28(34)31(7-2)8-3/h6,9-16,18,26H,1,7-8,17H2,2-5H3/b24-18+/t26-/m0/s1. The molecule has 2 aromatic carbocycles. The molecule has 37 heavy (non-hydrogen) atoms. The normalized spacial score (nSPS) is 15.1. The van der Waals surface area contributed by atoms with Crippen LogP contribution in [0.1, 0.15) is 37.9 Å². The maximum atomic E-state index is 13.9. The van der Waals surface area contributed by atoms with Gasteiger partial charge in [0.15, 0.2) is 4.80 Å². The van der Waals surface area contributed by atoms with Crippen LogP contribution in [0.25, 0.3) is 6.08 Å². The first-order chi connectivity index (χ1) is 17.9. The molecule has 4 rings (SSSR count). The Morgan fingerprint density at radius 3 is 2.49 bits per heavy atom. The monoisotopic (exact) mass is 517 g/mol. The predicted octanol–water partition coefficient (Wildman–Crippen LogP) is 3.68. The third-order valence-electron chi connectivity index (χ3n) is 6.30. The topological polar surface area (TPSA) is 73.1 Å². The van der Waals surface area contributed by atoms with Gasteiger partial charge in [0.1, 0.15) is 24.1 Å². The summed E-state index contributed by atoms with van der Waals surface area (Å²) < 4.78 is 13.6. The number of allylic oxidation sites excluding steroid dienone is 1. The lowest BCUT2D eigenvalue weighted by Gasteiger charge is -2.29. The van der Waals surface area contributed by atoms with E-state index in [1.165, 1.54) is 11.3 Å². The van der Waals surface area contributed by atoms with Gasteiger partial charge in [-0.2, -0.15) is 0 Å². The van der Waals surface area contributed by atoms with E-state index in [-0.39, 0.29) is 11.5 Å². The van der Waals surface area contributed by atoms with Gasteiger partial charge in [0, 0.05) is 24.2 Å². The van der Waals surface area contributed by atoms with E-state index in [4.69, 9.17) is 14.5 Å². The summed E-state index contributed by atoms with van der Waals surface area (Å²) in [5.41, 5.74) is 2.35. The van der Waals surface area contributed by atoms with Crippen molar-refractivity contribution in [1.29, 1.82) is 0 Å². The number of rotatable bonds is 9. The maximum absolute atomic E-state index is 13.9. The van der Waals surface area contributed by atoms with E-state index in [1.54, 1.807) is 22.7 Å². The Kier molecular flexibility index (Phi) is 8.08. The zero-order valence-corrected chi connectivity index (χ0v) is 22.4. The van der Waals surface area contributed by atoms with E-state index in [1.807, 2.05) is 75.4 Å². The van der Waals surface area contributed by atoms with Crippen LogP contribution in [0.15, 0.2) is 82.2 Å². The Bertz CT molecular complexity index is 1530. The van der Waals surface area contributed by atoms with Gasteiger partial charge in [-0.05, 0) is 39.0 Å². The van der Waals surface area contributed by atoms with Crippen LogP contribution in [-0.2, 0) is 4.79 Å². The molecule has 0 saturated carbocycles. The van der Waals surface area contributed by atoms with Crippen molar-refractivity contribution in [2.24, 2.45) is 4.99 Å². The second-order valence-electron chi connectivity index (χ2n) is 8.44. The number of methoxy groups -OCH3 is 1. The highest BCUT2D eigenvalue weighted by atomic mass is 32.1. The molecule has 0 aliphatic carbocycles. The largest absolute Gasteiger partial charge is 0.496 e. The predicted molar refractivity (Wildman–Crippen MR) is 147 cm³/mol. The van der Waals surface area contributed by atoms with Crippen molar-refractivity contribution in [3.63, 3.8) is 0 Å². The van der Waals surface area contributed by atoms with Gasteiger partial charge in [-0.3, -0.25) is 14.2 Å². The Morgan fingerprint density at radius 1 is 1.14 bits per heavy atom. The van der Waals surface area contributed by atoms with E-state index in [2.05, 4.69) is 6.58 Å². The highest BCUT2D eigenvalue weighted by Crippen LogP contribution is 2.36. The molecule has 2 heterocycles. The number of aromatic nitrogens is 1. The minimum absolute atomic E-state index is 0.139. The number of carbonyl (C=O) groups is 1. The van der Waals surface area contributed by atoms with Crippen molar-refractivity contribution in [1.82, 2.24) is 9.47 Å². The number of hydrogen-bond acceptors (Lipinski definition) is 6. The van der Waals surface area contributed by atoms with Crippen molar-refractivity contribution in [3.05, 3.63) is 103 Å². The van der Waals surface area contributed by atoms with Gasteiger partial charge in [0.05, 0.1) is 22.9 Å². The third-order valence-corrected chi connectivity index (χ3v) is 7.28. The number of benzene rings is 2. The minimum atomic E-state index is -0.671. The molecular weight excluding hydrogens is 486 g/mol. The second-order valence-corrected chi connectivity index (χ2v) is 9.45. The van der Waals surface area contributed by atoms with Crippen LogP contribution in [-0.4, -0.2) is 42.2 Å². The van der Waals surface area contributed by atoms with Crippen molar-refractivity contribution in [2.75, 3.05) is 26.8 Å². The molecule has 1 atom stereocenters. The van der Waals surface area contributed by atoms with Gasteiger partial charge in [-0.1, -0.05) is 60.4 Å².